The number of benzene rings is 1. The van der Waals surface area contributed by atoms with Gasteiger partial charge in [-0.25, -0.2) is 0 Å². The van der Waals surface area contributed by atoms with Crippen LogP contribution < -0.4 is 5.73 Å². The average molecular weight is 291 g/mol. The van der Waals surface area contributed by atoms with Crippen molar-refractivity contribution in [2.75, 3.05) is 6.54 Å². The van der Waals surface area contributed by atoms with E-state index in [1.165, 1.54) is 0 Å². The van der Waals surface area contributed by atoms with Crippen LogP contribution in [-0.4, -0.2) is 16.5 Å². The first-order chi connectivity index (χ1) is 7.86. The van der Waals surface area contributed by atoms with Gasteiger partial charge >= 0.3 is 0 Å². The first-order valence-electron chi connectivity index (χ1n) is 5.43. The van der Waals surface area contributed by atoms with Crippen LogP contribution in [-0.2, 0) is 23.6 Å². The lowest BCUT2D eigenvalue weighted by atomic mass is 9.98. The van der Waals surface area contributed by atoms with Crippen LogP contribution in [0.2, 0.25) is 0 Å². The van der Waals surface area contributed by atoms with E-state index < -0.39 is 10.8 Å². The lowest BCUT2D eigenvalue weighted by molar-refractivity contribution is 0.131. The van der Waals surface area contributed by atoms with Crippen molar-refractivity contribution in [2.45, 2.75) is 25.1 Å². The van der Waals surface area contributed by atoms with Gasteiger partial charge in [0, 0.05) is 6.54 Å². The van der Waals surface area contributed by atoms with Crippen LogP contribution in [0.4, 0.5) is 0 Å². The molecule has 0 saturated heterocycles. The summed E-state index contributed by atoms with van der Waals surface area (Å²) in [6, 6.07) is 7.36. The molecule has 17 heavy (non-hydrogen) atoms. The maximum Gasteiger partial charge on any atom is 0.161 e. The highest BCUT2D eigenvalue weighted by atomic mass is 32.9. The lowest BCUT2D eigenvalue weighted by Gasteiger charge is -2.33. The zero-order valence-electron chi connectivity index (χ0n) is 9.71. The Kier molecular flexibility index (Phi) is 5.20. The van der Waals surface area contributed by atoms with Crippen LogP contribution in [0.3, 0.4) is 0 Å². The van der Waals surface area contributed by atoms with Gasteiger partial charge in [-0.3, -0.25) is 0 Å². The van der Waals surface area contributed by atoms with Gasteiger partial charge < -0.3 is 15.7 Å². The van der Waals surface area contributed by atoms with Gasteiger partial charge in [-0.1, -0.05) is 49.4 Å². The molecule has 0 fully saturated rings. The zero-order chi connectivity index (χ0) is 13.1. The number of aryl methyl sites for hydroxylation is 1. The highest BCUT2D eigenvalue weighted by Crippen LogP contribution is 2.62. The Bertz CT molecular complexity index is 435. The van der Waals surface area contributed by atoms with E-state index in [0.717, 1.165) is 18.4 Å². The summed E-state index contributed by atoms with van der Waals surface area (Å²) in [6.07, 6.45) is 1.75. The van der Waals surface area contributed by atoms with Crippen molar-refractivity contribution in [3.8, 4) is 0 Å². The number of hydrogen-bond acceptors (Lipinski definition) is 3. The van der Waals surface area contributed by atoms with E-state index in [0.29, 0.717) is 5.56 Å². The number of thiol groups is 1. The average Bonchev–Trinajstić information content (AvgIpc) is 2.27. The molecular formula is C11H18NO2PS2. The number of rotatable bonds is 5. The van der Waals surface area contributed by atoms with Gasteiger partial charge in [0.25, 0.3) is 0 Å². The molecule has 0 aromatic heterocycles. The molecule has 0 radical (unpaired) electrons. The summed E-state index contributed by atoms with van der Waals surface area (Å²) in [5.41, 5.74) is 3.95. The lowest BCUT2D eigenvalue weighted by Crippen LogP contribution is -2.34. The van der Waals surface area contributed by atoms with Crippen LogP contribution >= 0.6 is 17.7 Å². The summed E-state index contributed by atoms with van der Waals surface area (Å²) in [4.78, 5) is 9.94. The molecule has 3 nitrogen and oxygen atoms in total. The Hall–Kier alpha value is 0.1000. The van der Waals surface area contributed by atoms with E-state index in [1.807, 2.05) is 19.1 Å². The molecule has 1 rings (SSSR count). The van der Waals surface area contributed by atoms with E-state index in [4.69, 9.17) is 17.5 Å². The molecule has 0 heterocycles. The smallest absolute Gasteiger partial charge is 0.161 e. The van der Waals surface area contributed by atoms with Gasteiger partial charge in [0.1, 0.15) is 0 Å². The topological polar surface area (TPSA) is 66.5 Å². The summed E-state index contributed by atoms with van der Waals surface area (Å²) in [7, 11) is 0. The quantitative estimate of drug-likeness (QED) is 0.495. The van der Waals surface area contributed by atoms with Crippen molar-refractivity contribution >= 4 is 29.5 Å². The Morgan fingerprint density at radius 1 is 1.47 bits per heavy atom. The van der Waals surface area contributed by atoms with Crippen LogP contribution in [0.15, 0.2) is 24.3 Å². The molecule has 1 aromatic carbocycles. The monoisotopic (exact) mass is 291 g/mol. The van der Waals surface area contributed by atoms with Crippen LogP contribution in [0.5, 0.6) is 0 Å². The third kappa shape index (κ3) is 3.11. The highest BCUT2D eigenvalue weighted by Gasteiger charge is 2.41. The predicted octanol–water partition coefficient (Wildman–Crippen LogP) is 1.97. The van der Waals surface area contributed by atoms with Crippen molar-refractivity contribution in [1.82, 2.24) is 0 Å². The Morgan fingerprint density at radius 3 is 2.53 bits per heavy atom. The van der Waals surface area contributed by atoms with E-state index in [-0.39, 0.29) is 6.54 Å². The van der Waals surface area contributed by atoms with Crippen molar-refractivity contribution in [3.63, 3.8) is 0 Å². The van der Waals surface area contributed by atoms with Crippen LogP contribution in [0, 0.1) is 0 Å². The molecule has 0 saturated carbocycles. The summed E-state index contributed by atoms with van der Waals surface area (Å²) < 4.78 is 0. The van der Waals surface area contributed by atoms with Gasteiger partial charge in [0.2, 0.25) is 0 Å². The normalized spacial score (nSPS) is 18.4. The van der Waals surface area contributed by atoms with E-state index in [2.05, 4.69) is 12.2 Å². The fourth-order valence-electron chi connectivity index (χ4n) is 1.78. The number of aliphatic hydroxyl groups is 1. The molecule has 0 aliphatic carbocycles. The molecule has 6 heteroatoms. The minimum atomic E-state index is -3.20. The van der Waals surface area contributed by atoms with Crippen molar-refractivity contribution in [1.29, 1.82) is 0 Å². The van der Waals surface area contributed by atoms with Gasteiger partial charge in [-0.2, -0.15) is 0 Å². The molecular weight excluding hydrogens is 273 g/mol. The Labute approximate surface area is 112 Å². The maximum atomic E-state index is 10.5. The minimum Gasteiger partial charge on any atom is -0.375 e. The van der Waals surface area contributed by atoms with E-state index >= 15 is 0 Å². The summed E-state index contributed by atoms with van der Waals surface area (Å²) >= 11 is 8.94. The minimum absolute atomic E-state index is 0.134. The molecule has 2 unspecified atom stereocenters. The Morgan fingerprint density at radius 2 is 2.06 bits per heavy atom. The van der Waals surface area contributed by atoms with Gasteiger partial charge in [0.15, 0.2) is 10.8 Å². The second kappa shape index (κ2) is 5.83. The SMILES string of the molecule is CCCc1ccccc1C(O)(CN)P(O)(=S)S. The van der Waals surface area contributed by atoms with Gasteiger partial charge in [-0.15, -0.1) is 12.2 Å². The standard InChI is InChI=1S/C11H18NO2PS2/c1-2-5-9-6-3-4-7-10(9)11(13,8-12)15(14,16)17/h3-4,6-7,13H,2,5,8,12H2,1H3,(H2,14,16,17). The fourth-order valence-corrected chi connectivity index (χ4v) is 3.64. The second-order valence-corrected chi connectivity index (χ2v) is 9.93. The zero-order valence-corrected chi connectivity index (χ0v) is 12.3. The first-order valence-corrected chi connectivity index (χ1v) is 9.34. The highest BCUT2D eigenvalue weighted by molar-refractivity contribution is 8.61. The Balaban J connectivity index is 3.35. The third-order valence-electron chi connectivity index (χ3n) is 2.73. The molecule has 0 aliphatic rings. The molecule has 2 atom stereocenters. The maximum absolute atomic E-state index is 10.5. The van der Waals surface area contributed by atoms with Crippen molar-refractivity contribution in [3.05, 3.63) is 35.4 Å². The van der Waals surface area contributed by atoms with E-state index in [1.54, 1.807) is 12.1 Å². The molecule has 0 bridgehead atoms. The number of hydrogen-bond donors (Lipinski definition) is 4. The summed E-state index contributed by atoms with van der Waals surface area (Å²) in [5, 5.41) is 8.92. The fraction of sp³-hybridized carbons (Fsp3) is 0.455. The molecule has 4 N–H and O–H groups in total. The van der Waals surface area contributed by atoms with E-state index in [9.17, 15) is 10.00 Å². The summed E-state index contributed by atoms with van der Waals surface area (Å²) in [6.45, 7) is 1.92. The van der Waals surface area contributed by atoms with Crippen molar-refractivity contribution < 1.29 is 10.00 Å². The van der Waals surface area contributed by atoms with Gasteiger partial charge in [-0.05, 0) is 17.5 Å². The molecule has 96 valence electrons. The molecule has 1 aromatic rings. The van der Waals surface area contributed by atoms with Gasteiger partial charge in [0.05, 0.1) is 0 Å². The molecule has 0 spiro atoms. The third-order valence-corrected chi connectivity index (χ3v) is 6.02. The summed E-state index contributed by atoms with van der Waals surface area (Å²) in [5.74, 6) is 0. The largest absolute Gasteiger partial charge is 0.375 e. The second-order valence-electron chi connectivity index (χ2n) is 3.97. The molecule has 0 amide bonds. The number of nitrogens with two attached hydrogens (primary N) is 1. The van der Waals surface area contributed by atoms with Crippen molar-refractivity contribution in [2.24, 2.45) is 5.73 Å². The van der Waals surface area contributed by atoms with Crippen LogP contribution in [0.25, 0.3) is 0 Å². The predicted molar refractivity (Wildman–Crippen MR) is 78.9 cm³/mol. The molecule has 0 aliphatic heterocycles. The van der Waals surface area contributed by atoms with Crippen LogP contribution in [0.1, 0.15) is 24.5 Å². The first kappa shape index (κ1) is 15.2.